The van der Waals surface area contributed by atoms with Gasteiger partial charge < -0.3 is 10.3 Å². The summed E-state index contributed by atoms with van der Waals surface area (Å²) in [6, 6.07) is 5.59. The Kier molecular flexibility index (Phi) is 6.71. The normalized spacial score (nSPS) is 18.7. The second kappa shape index (κ2) is 9.23. The fourth-order valence-electron chi connectivity index (χ4n) is 3.93. The molecule has 2 N–H and O–H groups in total. The molecule has 0 amide bonds. The van der Waals surface area contributed by atoms with E-state index in [1.807, 2.05) is 18.4 Å². The first-order chi connectivity index (χ1) is 14.0. The molecule has 0 spiro atoms. The summed E-state index contributed by atoms with van der Waals surface area (Å²) in [5.41, 5.74) is 9.48. The molecular formula is C22H27ClN6. The zero-order valence-corrected chi connectivity index (χ0v) is 17.9. The van der Waals surface area contributed by atoms with Crippen LogP contribution in [0.15, 0.2) is 24.5 Å². The number of pyridine rings is 2. The van der Waals surface area contributed by atoms with E-state index in [-0.39, 0.29) is 0 Å². The summed E-state index contributed by atoms with van der Waals surface area (Å²) in [7, 11) is 0. The van der Waals surface area contributed by atoms with E-state index in [1.54, 1.807) is 24.5 Å². The van der Waals surface area contributed by atoms with Gasteiger partial charge in [0, 0.05) is 30.6 Å². The predicted molar refractivity (Wildman–Crippen MR) is 117 cm³/mol. The van der Waals surface area contributed by atoms with Crippen molar-refractivity contribution in [3.05, 3.63) is 35.2 Å². The number of imidazole rings is 1. The first-order valence-electron chi connectivity index (χ1n) is 10.2. The maximum absolute atomic E-state index is 9.36. The second-order valence-electron chi connectivity index (χ2n) is 7.43. The molecule has 1 fully saturated rings. The molecule has 1 saturated carbocycles. The number of fused-ring (bicyclic) bond motifs is 1. The van der Waals surface area contributed by atoms with E-state index in [9.17, 15) is 5.26 Å². The zero-order valence-electron chi connectivity index (χ0n) is 17.2. The number of hydrogen-bond donors (Lipinski definition) is 1. The van der Waals surface area contributed by atoms with Gasteiger partial charge in [0.15, 0.2) is 0 Å². The van der Waals surface area contributed by atoms with Gasteiger partial charge in [0.05, 0.1) is 21.7 Å². The molecule has 1 aliphatic carbocycles. The summed E-state index contributed by atoms with van der Waals surface area (Å²) < 4.78 is 2.04. The number of anilines is 1. The lowest BCUT2D eigenvalue weighted by Gasteiger charge is -2.27. The van der Waals surface area contributed by atoms with Crippen LogP contribution in [0.2, 0.25) is 5.02 Å². The molecule has 0 saturated heterocycles. The van der Waals surface area contributed by atoms with Gasteiger partial charge in [-0.05, 0) is 30.7 Å². The Morgan fingerprint density at radius 3 is 2.55 bits per heavy atom. The molecule has 6 nitrogen and oxygen atoms in total. The van der Waals surface area contributed by atoms with Gasteiger partial charge in [-0.1, -0.05) is 45.2 Å². The second-order valence-corrected chi connectivity index (χ2v) is 7.87. The molecule has 0 unspecified atom stereocenters. The van der Waals surface area contributed by atoms with Gasteiger partial charge in [-0.25, -0.2) is 9.97 Å². The highest BCUT2D eigenvalue weighted by Crippen LogP contribution is 2.34. The predicted octanol–water partition coefficient (Wildman–Crippen LogP) is 5.45. The van der Waals surface area contributed by atoms with Crippen molar-refractivity contribution >= 4 is 28.6 Å². The highest BCUT2D eigenvalue weighted by Gasteiger charge is 2.23. The average molecular weight is 411 g/mol. The van der Waals surface area contributed by atoms with E-state index in [4.69, 9.17) is 17.3 Å². The molecule has 0 radical (unpaired) electrons. The lowest BCUT2D eigenvalue weighted by atomic mass is 9.83. The van der Waals surface area contributed by atoms with Gasteiger partial charge >= 0.3 is 0 Å². The van der Waals surface area contributed by atoms with Crippen LogP contribution in [0.5, 0.6) is 0 Å². The van der Waals surface area contributed by atoms with Gasteiger partial charge in [0.25, 0.3) is 0 Å². The average Bonchev–Trinajstić information content (AvgIpc) is 3.05. The van der Waals surface area contributed by atoms with E-state index in [1.165, 1.54) is 25.7 Å². The third-order valence-electron chi connectivity index (χ3n) is 5.42. The number of hydrogen-bond acceptors (Lipinski definition) is 5. The Bertz CT molecular complexity index is 1030. The number of nitriles is 1. The lowest BCUT2D eigenvalue weighted by molar-refractivity contribution is 0.267. The van der Waals surface area contributed by atoms with E-state index in [0.717, 1.165) is 23.5 Å². The van der Waals surface area contributed by atoms with E-state index >= 15 is 0 Å². The van der Waals surface area contributed by atoms with Gasteiger partial charge in [0.1, 0.15) is 11.8 Å². The Hall–Kier alpha value is -2.65. The monoisotopic (exact) mass is 410 g/mol. The molecule has 3 aromatic rings. The van der Waals surface area contributed by atoms with Crippen LogP contribution in [0.25, 0.3) is 22.3 Å². The molecule has 1 aliphatic rings. The summed E-state index contributed by atoms with van der Waals surface area (Å²) in [6.45, 7) is 7.12. The summed E-state index contributed by atoms with van der Waals surface area (Å²) in [5, 5.41) is 9.88. The van der Waals surface area contributed by atoms with Crippen molar-refractivity contribution in [2.24, 2.45) is 11.8 Å². The van der Waals surface area contributed by atoms with Crippen molar-refractivity contribution in [1.29, 1.82) is 5.26 Å². The van der Waals surface area contributed by atoms with Crippen LogP contribution in [0.1, 0.15) is 52.1 Å². The van der Waals surface area contributed by atoms with Crippen molar-refractivity contribution in [1.82, 2.24) is 19.5 Å². The van der Waals surface area contributed by atoms with Crippen molar-refractivity contribution in [3.8, 4) is 17.3 Å². The molecule has 0 aliphatic heterocycles. The smallest absolute Gasteiger partial charge is 0.201 e. The first kappa shape index (κ1) is 21.1. The zero-order chi connectivity index (χ0) is 21.0. The Morgan fingerprint density at radius 2 is 1.90 bits per heavy atom. The van der Waals surface area contributed by atoms with E-state index in [2.05, 4.69) is 27.9 Å². The third kappa shape index (κ3) is 4.51. The Balaban J connectivity index is 0.00000117. The molecule has 0 bridgehead atoms. The number of halogens is 1. The van der Waals surface area contributed by atoms with Crippen LogP contribution in [0.4, 0.5) is 5.95 Å². The number of nitrogens with two attached hydrogens (primary N) is 1. The topological polar surface area (TPSA) is 93.4 Å². The van der Waals surface area contributed by atoms with Crippen LogP contribution < -0.4 is 5.73 Å². The van der Waals surface area contributed by atoms with E-state index < -0.39 is 0 Å². The fourth-order valence-corrected chi connectivity index (χ4v) is 4.10. The van der Waals surface area contributed by atoms with Gasteiger partial charge in [-0.3, -0.25) is 4.98 Å². The molecule has 152 valence electrons. The number of nitrogen functional groups attached to an aromatic ring is 1. The lowest BCUT2D eigenvalue weighted by Crippen LogP contribution is -2.19. The number of aromatic nitrogens is 4. The van der Waals surface area contributed by atoms with Crippen LogP contribution in [-0.2, 0) is 6.54 Å². The van der Waals surface area contributed by atoms with Crippen molar-refractivity contribution < 1.29 is 0 Å². The van der Waals surface area contributed by atoms with Crippen molar-refractivity contribution in [2.45, 2.75) is 53.0 Å². The molecule has 3 heterocycles. The fraction of sp³-hybridized carbons (Fsp3) is 0.455. The summed E-state index contributed by atoms with van der Waals surface area (Å²) in [6.07, 6.45) is 8.16. The van der Waals surface area contributed by atoms with Crippen LogP contribution in [0, 0.1) is 23.2 Å². The van der Waals surface area contributed by atoms with Crippen molar-refractivity contribution in [3.63, 3.8) is 0 Å². The third-order valence-corrected chi connectivity index (χ3v) is 5.63. The standard InChI is InChI=1S/C20H21ClN6.C2H6/c1-12-2-4-13(5-3-12)11-27-19-17(26-20(27)23)7-16(8-22)25-18(19)14-6-15(21)10-24-9-14;1-2/h6-7,9-10,12-13H,2-5,11H2,1H3,(H2,23,26);1-2H3. The highest BCUT2D eigenvalue weighted by molar-refractivity contribution is 6.30. The molecule has 0 atom stereocenters. The minimum atomic E-state index is 0.300. The van der Waals surface area contributed by atoms with Crippen LogP contribution in [-0.4, -0.2) is 19.5 Å². The SMILES string of the molecule is CC.CC1CCC(Cn2c(N)nc3cc(C#N)nc(-c4cncc(Cl)c4)c32)CC1. The van der Waals surface area contributed by atoms with E-state index in [0.29, 0.717) is 33.8 Å². The molecule has 4 rings (SSSR count). The summed E-state index contributed by atoms with van der Waals surface area (Å²) in [4.78, 5) is 13.2. The molecule has 0 aromatic carbocycles. The van der Waals surface area contributed by atoms with Gasteiger partial charge in [-0.2, -0.15) is 5.26 Å². The van der Waals surface area contributed by atoms with Gasteiger partial charge in [0.2, 0.25) is 5.95 Å². The Morgan fingerprint density at radius 1 is 1.17 bits per heavy atom. The maximum atomic E-state index is 9.36. The molecule has 7 heteroatoms. The number of rotatable bonds is 3. The van der Waals surface area contributed by atoms with Crippen LogP contribution in [0.3, 0.4) is 0 Å². The molecule has 29 heavy (non-hydrogen) atoms. The minimum Gasteiger partial charge on any atom is -0.369 e. The van der Waals surface area contributed by atoms with Gasteiger partial charge in [-0.15, -0.1) is 0 Å². The summed E-state index contributed by atoms with van der Waals surface area (Å²) >= 11 is 6.13. The Labute approximate surface area is 176 Å². The van der Waals surface area contributed by atoms with Crippen molar-refractivity contribution in [2.75, 3.05) is 5.73 Å². The quantitative estimate of drug-likeness (QED) is 0.619. The molecular weight excluding hydrogens is 384 g/mol. The van der Waals surface area contributed by atoms with Crippen LogP contribution >= 0.6 is 11.6 Å². The maximum Gasteiger partial charge on any atom is 0.201 e. The highest BCUT2D eigenvalue weighted by atomic mass is 35.5. The molecule has 3 aromatic heterocycles. The largest absolute Gasteiger partial charge is 0.369 e. The first-order valence-corrected chi connectivity index (χ1v) is 10.6. The summed E-state index contributed by atoms with van der Waals surface area (Å²) in [5.74, 6) is 1.82. The minimum absolute atomic E-state index is 0.300. The number of nitrogens with zero attached hydrogens (tertiary/aromatic N) is 5.